The van der Waals surface area contributed by atoms with E-state index in [9.17, 15) is 29.7 Å². The molecule has 3 aliphatic heterocycles. The predicted molar refractivity (Wildman–Crippen MR) is 338 cm³/mol. The first-order valence-corrected chi connectivity index (χ1v) is 29.8. The van der Waals surface area contributed by atoms with Gasteiger partial charge in [0.2, 0.25) is 0 Å². The molecule has 3 fully saturated rings. The zero-order valence-corrected chi connectivity index (χ0v) is 48.6. The lowest BCUT2D eigenvalue weighted by molar-refractivity contribution is -0.0395. The Hall–Kier alpha value is -8.98. The van der Waals surface area contributed by atoms with Crippen LogP contribution in [-0.4, -0.2) is 117 Å². The highest BCUT2D eigenvalue weighted by Gasteiger charge is 2.30. The number of aromatic nitrogens is 9. The Morgan fingerprint density at radius 3 is 1.06 bits per heavy atom. The van der Waals surface area contributed by atoms with E-state index in [1.165, 1.54) is 0 Å². The summed E-state index contributed by atoms with van der Waals surface area (Å²) in [5.41, 5.74) is 7.98. The monoisotopic (exact) mass is 1200 g/mol. The summed E-state index contributed by atoms with van der Waals surface area (Å²) < 4.78 is 20.6. The first kappa shape index (κ1) is 58.1. The molecule has 0 saturated carbocycles. The van der Waals surface area contributed by atoms with Crippen LogP contribution in [0.5, 0.6) is 0 Å². The molecule has 0 amide bonds. The standard InChI is InChI=1S/C23H20ClN3O3.2C23H21N3O3/c24-21-6-5-14(11-25-21)9-15-10-18-22(17-4-2-1-3-16(15)17)26-13-27(23(18)29)19-7-8-30-12-20(19)28;2*27-21-13-29-9-7-20(21)26-14-25-22-18-6-2-1-5-17(18)16(11-19(22)23(26)28)10-15-4-3-8-24-12-15/h1-6,10-11,13,19-20,28H,7-9,12H2;2*1-6,8,11-12,14,20-21,27H,7,9-10,13H2/t19-,20-;2*20-,21-/m000/s1. The van der Waals surface area contributed by atoms with Crippen molar-refractivity contribution in [2.45, 2.75) is 75.0 Å². The number of ether oxygens (including phenoxy) is 3. The summed E-state index contributed by atoms with van der Waals surface area (Å²) in [6, 6.07) is 40.5. The van der Waals surface area contributed by atoms with Gasteiger partial charge in [-0.3, -0.25) is 38.1 Å². The van der Waals surface area contributed by atoms with Gasteiger partial charge in [0.25, 0.3) is 16.7 Å². The summed E-state index contributed by atoms with van der Waals surface area (Å²) in [5, 5.41) is 39.2. The normalized spacial score (nSPS) is 19.5. The summed E-state index contributed by atoms with van der Waals surface area (Å²) >= 11 is 5.92. The molecule has 9 heterocycles. The molecule has 18 nitrogen and oxygen atoms in total. The molecule has 0 spiro atoms. The van der Waals surface area contributed by atoms with Crippen molar-refractivity contribution >= 4 is 76.6 Å². The van der Waals surface area contributed by atoms with Gasteiger partial charge >= 0.3 is 0 Å². The third-order valence-corrected chi connectivity index (χ3v) is 17.2. The van der Waals surface area contributed by atoms with Crippen molar-refractivity contribution < 1.29 is 29.5 Å². The third-order valence-electron chi connectivity index (χ3n) is 17.0. The van der Waals surface area contributed by atoms with E-state index in [4.69, 9.17) is 25.8 Å². The number of halogens is 1. The molecular weight excluding hydrogens is 1130 g/mol. The van der Waals surface area contributed by atoms with Crippen molar-refractivity contribution in [3.63, 3.8) is 0 Å². The van der Waals surface area contributed by atoms with Crippen molar-refractivity contribution in [3.05, 3.63) is 247 Å². The Balaban J connectivity index is 0.000000122. The van der Waals surface area contributed by atoms with E-state index in [1.807, 2.05) is 122 Å². The number of fused-ring (bicyclic) bond motifs is 9. The number of nitrogens with zero attached hydrogens (tertiary/aromatic N) is 9. The van der Waals surface area contributed by atoms with Crippen molar-refractivity contribution in [2.75, 3.05) is 39.6 Å². The van der Waals surface area contributed by atoms with E-state index in [0.29, 0.717) is 96.2 Å². The molecule has 6 atom stereocenters. The largest absolute Gasteiger partial charge is 0.389 e. The third kappa shape index (κ3) is 11.8. The lowest BCUT2D eigenvalue weighted by atomic mass is 9.96. The van der Waals surface area contributed by atoms with E-state index >= 15 is 0 Å². The van der Waals surface area contributed by atoms with Crippen LogP contribution < -0.4 is 16.7 Å². The number of aliphatic hydroxyl groups is 3. The maximum Gasteiger partial charge on any atom is 0.261 e. The van der Waals surface area contributed by atoms with Gasteiger partial charge in [0.15, 0.2) is 0 Å². The fraction of sp³-hybridized carbons (Fsp3) is 0.261. The highest BCUT2D eigenvalue weighted by Crippen LogP contribution is 2.33. The molecule has 6 aromatic heterocycles. The Morgan fingerprint density at radius 2 is 0.750 bits per heavy atom. The first-order chi connectivity index (χ1) is 43.1. The lowest BCUT2D eigenvalue weighted by Crippen LogP contribution is -2.39. The van der Waals surface area contributed by atoms with Crippen LogP contribution in [0.4, 0.5) is 0 Å². The topological polar surface area (TPSA) is 232 Å². The Labute approximate surface area is 508 Å². The number of aliphatic hydroxyl groups excluding tert-OH is 3. The van der Waals surface area contributed by atoms with Crippen LogP contribution in [0, 0.1) is 0 Å². The Morgan fingerprint density at radius 1 is 0.409 bits per heavy atom. The fourth-order valence-electron chi connectivity index (χ4n) is 12.6. The number of hydrogen-bond acceptors (Lipinski definition) is 15. The minimum Gasteiger partial charge on any atom is -0.389 e. The van der Waals surface area contributed by atoms with Gasteiger partial charge in [-0.2, -0.15) is 0 Å². The van der Waals surface area contributed by atoms with Crippen LogP contribution in [0.25, 0.3) is 65.0 Å². The Bertz CT molecular complexity index is 4510. The molecule has 0 unspecified atom stereocenters. The zero-order chi connectivity index (χ0) is 60.3. The van der Waals surface area contributed by atoms with Crippen LogP contribution >= 0.6 is 11.6 Å². The summed E-state index contributed by atoms with van der Waals surface area (Å²) in [5.74, 6) is 0. The van der Waals surface area contributed by atoms with Crippen LogP contribution in [0.3, 0.4) is 0 Å². The first-order valence-electron chi connectivity index (χ1n) is 29.5. The number of benzene rings is 6. The maximum absolute atomic E-state index is 13.4. The van der Waals surface area contributed by atoms with E-state index in [-0.39, 0.29) is 54.6 Å². The molecular formula is C69H62ClN9O9. The molecule has 15 rings (SSSR count). The molecule has 0 aliphatic carbocycles. The molecule has 0 radical (unpaired) electrons. The molecule has 0 bridgehead atoms. The number of pyridine rings is 3. The maximum atomic E-state index is 13.4. The summed E-state index contributed by atoms with van der Waals surface area (Å²) in [6.45, 7) is 2.25. The second-order valence-electron chi connectivity index (χ2n) is 22.5. The predicted octanol–water partition coefficient (Wildman–Crippen LogP) is 9.23. The Kier molecular flexibility index (Phi) is 17.0. The van der Waals surface area contributed by atoms with Crippen LogP contribution in [0.15, 0.2) is 192 Å². The quantitative estimate of drug-likeness (QED) is 0.0903. The summed E-state index contributed by atoms with van der Waals surface area (Å²) in [7, 11) is 0. The van der Waals surface area contributed by atoms with E-state index in [1.54, 1.807) is 57.3 Å². The van der Waals surface area contributed by atoms with Crippen molar-refractivity contribution in [1.29, 1.82) is 0 Å². The highest BCUT2D eigenvalue weighted by atomic mass is 35.5. The summed E-state index contributed by atoms with van der Waals surface area (Å²) in [4.78, 5) is 66.6. The molecule has 3 N–H and O–H groups in total. The van der Waals surface area contributed by atoms with Crippen LogP contribution in [-0.2, 0) is 33.5 Å². The van der Waals surface area contributed by atoms with Gasteiger partial charge in [-0.05, 0) is 124 Å². The second kappa shape index (κ2) is 25.8. The van der Waals surface area contributed by atoms with Crippen LogP contribution in [0.2, 0.25) is 5.15 Å². The molecule has 444 valence electrons. The molecule has 19 heteroatoms. The van der Waals surface area contributed by atoms with Gasteiger partial charge in [-0.15, -0.1) is 0 Å². The smallest absolute Gasteiger partial charge is 0.261 e. The van der Waals surface area contributed by atoms with Gasteiger partial charge in [0, 0.05) is 67.0 Å². The van der Waals surface area contributed by atoms with Gasteiger partial charge in [-0.1, -0.05) is 103 Å². The van der Waals surface area contributed by atoms with Gasteiger partial charge in [0.1, 0.15) is 5.15 Å². The molecule has 3 aliphatic rings. The number of rotatable bonds is 9. The molecule has 3 saturated heterocycles. The molecule has 88 heavy (non-hydrogen) atoms. The second-order valence-corrected chi connectivity index (χ2v) is 22.9. The zero-order valence-electron chi connectivity index (χ0n) is 47.9. The number of hydrogen-bond donors (Lipinski definition) is 3. The SMILES string of the molecule is O=c1c2cc(Cc3ccc(Cl)nc3)c3ccccc3c2ncn1[C@H]1CCOC[C@@H]1O.O=c1c2cc(Cc3cccnc3)c3ccccc3c2ncn1[C@H]1CCOC[C@@H]1O.O=c1c2cc(Cc3cccnc3)c3ccccc3c2ncn1[C@H]1CCOC[C@@H]1O. The van der Waals surface area contributed by atoms with Gasteiger partial charge in [0.05, 0.1) is 108 Å². The van der Waals surface area contributed by atoms with Crippen molar-refractivity contribution in [3.8, 4) is 0 Å². The van der Waals surface area contributed by atoms with Crippen LogP contribution in [0.1, 0.15) is 70.8 Å². The van der Waals surface area contributed by atoms with E-state index in [2.05, 4.69) is 42.0 Å². The fourth-order valence-corrected chi connectivity index (χ4v) is 12.7. The minimum absolute atomic E-state index is 0.126. The summed E-state index contributed by atoms with van der Waals surface area (Å²) in [6.07, 6.45) is 15.2. The van der Waals surface area contributed by atoms with E-state index < -0.39 is 18.3 Å². The lowest BCUT2D eigenvalue weighted by Gasteiger charge is -2.29. The average molecular weight is 1200 g/mol. The van der Waals surface area contributed by atoms with E-state index in [0.717, 1.165) is 65.7 Å². The molecule has 6 aromatic carbocycles. The van der Waals surface area contributed by atoms with Crippen molar-refractivity contribution in [1.82, 2.24) is 43.6 Å². The van der Waals surface area contributed by atoms with Gasteiger partial charge < -0.3 is 29.5 Å². The highest BCUT2D eigenvalue weighted by molar-refractivity contribution is 6.29. The molecule has 12 aromatic rings. The minimum atomic E-state index is -0.726. The average Bonchev–Trinajstić information content (AvgIpc) is 3.05. The van der Waals surface area contributed by atoms with Gasteiger partial charge in [-0.25, -0.2) is 19.9 Å². The van der Waals surface area contributed by atoms with Crippen molar-refractivity contribution in [2.24, 2.45) is 0 Å².